The third-order valence-corrected chi connectivity index (χ3v) is 6.41. The van der Waals surface area contributed by atoms with Crippen LogP contribution in [0.25, 0.3) is 10.8 Å². The Morgan fingerprint density at radius 2 is 2.14 bits per heavy atom. The molecule has 0 aliphatic rings. The van der Waals surface area contributed by atoms with Crippen molar-refractivity contribution in [3.05, 3.63) is 39.9 Å². The molecular formula is C11H8ClN3O3S3. The van der Waals surface area contributed by atoms with Crippen LogP contribution in [-0.2, 0) is 16.6 Å². The van der Waals surface area contributed by atoms with Crippen molar-refractivity contribution in [2.45, 2.75) is 10.8 Å². The number of sulfonamides is 1. The van der Waals surface area contributed by atoms with E-state index in [2.05, 4.69) is 14.9 Å². The van der Waals surface area contributed by atoms with Crippen LogP contribution in [0.2, 0.25) is 4.34 Å². The van der Waals surface area contributed by atoms with Gasteiger partial charge in [-0.15, -0.1) is 32.9 Å². The van der Waals surface area contributed by atoms with Gasteiger partial charge >= 0.3 is 0 Å². The van der Waals surface area contributed by atoms with E-state index in [9.17, 15) is 8.42 Å². The maximum Gasteiger partial charge on any atom is 0.257 e. The molecule has 0 saturated carbocycles. The van der Waals surface area contributed by atoms with Gasteiger partial charge in [-0.25, -0.2) is 13.1 Å². The second-order valence-electron chi connectivity index (χ2n) is 3.86. The molecule has 0 spiro atoms. The quantitative estimate of drug-likeness (QED) is 0.755. The Labute approximate surface area is 133 Å². The minimum atomic E-state index is -3.62. The van der Waals surface area contributed by atoms with Gasteiger partial charge in [-0.3, -0.25) is 0 Å². The lowest BCUT2D eigenvalue weighted by Gasteiger charge is -2.00. The lowest BCUT2D eigenvalue weighted by Crippen LogP contribution is -2.22. The summed E-state index contributed by atoms with van der Waals surface area (Å²) in [6.07, 6.45) is 0. The average molecular weight is 362 g/mol. The first-order chi connectivity index (χ1) is 10.0. The molecule has 3 rings (SSSR count). The molecule has 0 aromatic carbocycles. The minimum absolute atomic E-state index is 0.0732. The zero-order valence-electron chi connectivity index (χ0n) is 10.3. The predicted octanol–water partition coefficient (Wildman–Crippen LogP) is 2.99. The zero-order valence-corrected chi connectivity index (χ0v) is 13.5. The number of nitrogens with zero attached hydrogens (tertiary/aromatic N) is 2. The van der Waals surface area contributed by atoms with E-state index >= 15 is 0 Å². The number of rotatable bonds is 5. The fourth-order valence-corrected chi connectivity index (χ4v) is 4.64. The molecule has 10 heteroatoms. The lowest BCUT2D eigenvalue weighted by molar-refractivity contribution is 0.495. The Kier molecular flexibility index (Phi) is 4.09. The highest BCUT2D eigenvalue weighted by atomic mass is 35.5. The first-order valence-corrected chi connectivity index (χ1v) is 9.21. The number of thiophene rings is 2. The molecular weight excluding hydrogens is 354 g/mol. The van der Waals surface area contributed by atoms with E-state index in [0.717, 1.165) is 16.2 Å². The van der Waals surface area contributed by atoms with Gasteiger partial charge in [0.05, 0.1) is 15.8 Å². The van der Waals surface area contributed by atoms with Gasteiger partial charge in [0.1, 0.15) is 4.21 Å². The predicted molar refractivity (Wildman–Crippen MR) is 81.0 cm³/mol. The summed E-state index contributed by atoms with van der Waals surface area (Å²) in [6, 6.07) is 6.69. The van der Waals surface area contributed by atoms with Crippen molar-refractivity contribution in [3.63, 3.8) is 0 Å². The van der Waals surface area contributed by atoms with E-state index in [0.29, 0.717) is 10.2 Å². The molecule has 0 unspecified atom stereocenters. The third kappa shape index (κ3) is 3.33. The number of hydrogen-bond acceptors (Lipinski definition) is 7. The Morgan fingerprint density at radius 1 is 1.29 bits per heavy atom. The lowest BCUT2D eigenvalue weighted by atomic mass is 10.5. The highest BCUT2D eigenvalue weighted by Crippen LogP contribution is 2.26. The number of hydrogen-bond donors (Lipinski definition) is 1. The summed E-state index contributed by atoms with van der Waals surface area (Å²) >= 11 is 8.18. The summed E-state index contributed by atoms with van der Waals surface area (Å²) in [6.45, 7) is -0.0732. The average Bonchev–Trinajstić information content (AvgIpc) is 3.17. The SMILES string of the molecule is O=S(=O)(NCc1nnc(-c2cccs2)o1)c1ccc(Cl)s1. The van der Waals surface area contributed by atoms with Gasteiger partial charge in [0.2, 0.25) is 5.89 Å². The Bertz CT molecular complexity index is 839. The molecule has 0 aliphatic heterocycles. The molecule has 0 amide bonds. The second kappa shape index (κ2) is 5.85. The molecule has 21 heavy (non-hydrogen) atoms. The van der Waals surface area contributed by atoms with Crippen LogP contribution in [0.15, 0.2) is 38.3 Å². The van der Waals surface area contributed by atoms with E-state index in [1.165, 1.54) is 23.5 Å². The standard InChI is InChI=1S/C11H8ClN3O3S3/c12-8-3-4-10(20-8)21(16,17)13-6-9-14-15-11(18-9)7-2-1-5-19-7/h1-5,13H,6H2. The number of aromatic nitrogens is 2. The maximum atomic E-state index is 12.0. The molecule has 0 saturated heterocycles. The largest absolute Gasteiger partial charge is 0.418 e. The topological polar surface area (TPSA) is 85.1 Å². The molecule has 0 radical (unpaired) electrons. The number of halogens is 1. The zero-order chi connectivity index (χ0) is 14.9. The van der Waals surface area contributed by atoms with Gasteiger partial charge in [-0.2, -0.15) is 0 Å². The summed E-state index contributed by atoms with van der Waals surface area (Å²) in [5, 5.41) is 9.58. The van der Waals surface area contributed by atoms with Crippen LogP contribution >= 0.6 is 34.3 Å². The van der Waals surface area contributed by atoms with Crippen molar-refractivity contribution in [2.75, 3.05) is 0 Å². The van der Waals surface area contributed by atoms with Gasteiger partial charge in [-0.1, -0.05) is 17.7 Å². The highest BCUT2D eigenvalue weighted by Gasteiger charge is 2.18. The van der Waals surface area contributed by atoms with Crippen LogP contribution < -0.4 is 4.72 Å². The summed E-state index contributed by atoms with van der Waals surface area (Å²) in [4.78, 5) is 0.835. The van der Waals surface area contributed by atoms with E-state index in [4.69, 9.17) is 16.0 Å². The normalized spacial score (nSPS) is 11.9. The Hall–Kier alpha value is -1.26. The summed E-state index contributed by atoms with van der Waals surface area (Å²) in [5.41, 5.74) is 0. The van der Waals surface area contributed by atoms with Crippen LogP contribution in [0.1, 0.15) is 5.89 Å². The van der Waals surface area contributed by atoms with Crippen LogP contribution in [0.3, 0.4) is 0 Å². The fraction of sp³-hybridized carbons (Fsp3) is 0.0909. The van der Waals surface area contributed by atoms with Crippen LogP contribution in [0.5, 0.6) is 0 Å². The summed E-state index contributed by atoms with van der Waals surface area (Å²) < 4.78 is 32.4. The van der Waals surface area contributed by atoms with Crippen molar-refractivity contribution in [3.8, 4) is 10.8 Å². The van der Waals surface area contributed by atoms with Crippen molar-refractivity contribution in [2.24, 2.45) is 0 Å². The van der Waals surface area contributed by atoms with Crippen LogP contribution in [-0.4, -0.2) is 18.6 Å². The first-order valence-electron chi connectivity index (χ1n) is 5.66. The fourth-order valence-electron chi connectivity index (χ4n) is 1.49. The second-order valence-corrected chi connectivity index (χ2v) is 8.52. The molecule has 3 aromatic heterocycles. The van der Waals surface area contributed by atoms with Crippen LogP contribution in [0.4, 0.5) is 0 Å². The molecule has 6 nitrogen and oxygen atoms in total. The van der Waals surface area contributed by atoms with Crippen molar-refractivity contribution < 1.29 is 12.8 Å². The molecule has 0 atom stereocenters. The van der Waals surface area contributed by atoms with Gasteiger partial charge in [0.25, 0.3) is 15.9 Å². The smallest absolute Gasteiger partial charge is 0.257 e. The third-order valence-electron chi connectivity index (χ3n) is 2.43. The van der Waals surface area contributed by atoms with Gasteiger partial charge in [-0.05, 0) is 23.6 Å². The maximum absolute atomic E-state index is 12.0. The summed E-state index contributed by atoms with van der Waals surface area (Å²) in [5.74, 6) is 0.572. The molecule has 110 valence electrons. The molecule has 3 aromatic rings. The molecule has 1 N–H and O–H groups in total. The van der Waals surface area contributed by atoms with E-state index < -0.39 is 10.0 Å². The van der Waals surface area contributed by atoms with E-state index in [1.807, 2.05) is 17.5 Å². The van der Waals surface area contributed by atoms with Crippen molar-refractivity contribution in [1.29, 1.82) is 0 Å². The Balaban J connectivity index is 1.71. The molecule has 3 heterocycles. The monoisotopic (exact) mass is 361 g/mol. The van der Waals surface area contributed by atoms with Gasteiger partial charge in [0, 0.05) is 0 Å². The minimum Gasteiger partial charge on any atom is -0.418 e. The van der Waals surface area contributed by atoms with E-state index in [1.54, 1.807) is 0 Å². The van der Waals surface area contributed by atoms with E-state index in [-0.39, 0.29) is 16.6 Å². The summed E-state index contributed by atoms with van der Waals surface area (Å²) in [7, 11) is -3.62. The molecule has 0 aliphatic carbocycles. The first kappa shape index (κ1) is 14.7. The highest BCUT2D eigenvalue weighted by molar-refractivity contribution is 7.91. The molecule has 0 fully saturated rings. The van der Waals surface area contributed by atoms with Crippen molar-refractivity contribution >= 4 is 44.3 Å². The Morgan fingerprint density at radius 3 is 2.81 bits per heavy atom. The molecule has 0 bridgehead atoms. The van der Waals surface area contributed by atoms with Gasteiger partial charge < -0.3 is 4.42 Å². The van der Waals surface area contributed by atoms with Crippen molar-refractivity contribution in [1.82, 2.24) is 14.9 Å². The number of nitrogens with one attached hydrogen (secondary N) is 1. The van der Waals surface area contributed by atoms with Gasteiger partial charge in [0.15, 0.2) is 0 Å². The van der Waals surface area contributed by atoms with Crippen LogP contribution in [0, 0.1) is 0 Å².